The van der Waals surface area contributed by atoms with Gasteiger partial charge in [-0.1, -0.05) is 127 Å². The van der Waals surface area contributed by atoms with Crippen molar-refractivity contribution in [1.29, 1.82) is 0 Å². The first kappa shape index (κ1) is 23.9. The summed E-state index contributed by atoms with van der Waals surface area (Å²) < 4.78 is 2.38. The third kappa shape index (κ3) is 2.94. The fourth-order valence-corrected chi connectivity index (χ4v) is 8.29. The van der Waals surface area contributed by atoms with Gasteiger partial charge in [0.05, 0.1) is 16.4 Å². The Kier molecular flexibility index (Phi) is 4.71. The van der Waals surface area contributed by atoms with Crippen molar-refractivity contribution in [2.75, 3.05) is 0 Å². The van der Waals surface area contributed by atoms with Crippen molar-refractivity contribution in [3.8, 4) is 39.1 Å². The van der Waals surface area contributed by atoms with E-state index in [1.165, 1.54) is 83.1 Å². The topological polar surface area (TPSA) is 4.93 Å². The molecular formula is C43H27N. The van der Waals surface area contributed by atoms with Crippen LogP contribution in [0.15, 0.2) is 164 Å². The highest BCUT2D eigenvalue weighted by atomic mass is 15.0. The number of hydrogen-bond acceptors (Lipinski definition) is 0. The van der Waals surface area contributed by atoms with E-state index in [1.807, 2.05) is 0 Å². The Morgan fingerprint density at radius 1 is 0.341 bits per heavy atom. The molecule has 2 aliphatic rings. The van der Waals surface area contributed by atoms with Crippen LogP contribution >= 0.6 is 0 Å². The highest BCUT2D eigenvalue weighted by Gasteiger charge is 2.51. The van der Waals surface area contributed by atoms with Crippen LogP contribution < -0.4 is 0 Å². The molecule has 1 spiro atoms. The van der Waals surface area contributed by atoms with Gasteiger partial charge in [-0.05, 0) is 92.0 Å². The number of rotatable bonds is 2. The highest BCUT2D eigenvalue weighted by Crippen LogP contribution is 2.62. The van der Waals surface area contributed by atoms with Crippen LogP contribution in [0.3, 0.4) is 0 Å². The molecule has 2 aliphatic carbocycles. The van der Waals surface area contributed by atoms with Gasteiger partial charge in [0.2, 0.25) is 0 Å². The quantitative estimate of drug-likeness (QED) is 0.199. The first-order chi connectivity index (χ1) is 21.8. The van der Waals surface area contributed by atoms with E-state index in [1.54, 1.807) is 0 Å². The number of hydrogen-bond donors (Lipinski definition) is 0. The molecular weight excluding hydrogens is 530 g/mol. The van der Waals surface area contributed by atoms with Gasteiger partial charge in [-0.15, -0.1) is 0 Å². The first-order valence-corrected chi connectivity index (χ1v) is 15.4. The lowest BCUT2D eigenvalue weighted by atomic mass is 9.70. The number of nitrogens with zero attached hydrogens (tertiary/aromatic N) is 1. The van der Waals surface area contributed by atoms with Crippen LogP contribution in [0.2, 0.25) is 0 Å². The second kappa shape index (κ2) is 8.69. The van der Waals surface area contributed by atoms with Crippen LogP contribution in [0.5, 0.6) is 0 Å². The maximum Gasteiger partial charge on any atom is 0.0725 e. The number of para-hydroxylation sites is 2. The maximum atomic E-state index is 2.43. The molecule has 1 heteroatoms. The molecule has 1 nitrogen and oxygen atoms in total. The summed E-state index contributed by atoms with van der Waals surface area (Å²) in [5.74, 6) is 0. The third-order valence-corrected chi connectivity index (χ3v) is 10.0. The zero-order valence-corrected chi connectivity index (χ0v) is 24.0. The van der Waals surface area contributed by atoms with Crippen molar-refractivity contribution in [1.82, 2.24) is 4.57 Å². The molecule has 0 fully saturated rings. The second-order valence-electron chi connectivity index (χ2n) is 12.1. The van der Waals surface area contributed by atoms with E-state index in [-0.39, 0.29) is 5.41 Å². The Hall–Kier alpha value is -5.66. The summed E-state index contributed by atoms with van der Waals surface area (Å²) in [6.07, 6.45) is 0. The van der Waals surface area contributed by atoms with E-state index >= 15 is 0 Å². The van der Waals surface area contributed by atoms with Crippen molar-refractivity contribution in [3.05, 3.63) is 186 Å². The lowest BCUT2D eigenvalue weighted by Crippen LogP contribution is -2.25. The number of aromatic nitrogens is 1. The van der Waals surface area contributed by atoms with Crippen LogP contribution in [0.1, 0.15) is 22.3 Å². The molecule has 0 amide bonds. The Morgan fingerprint density at radius 2 is 0.841 bits per heavy atom. The minimum atomic E-state index is -0.301. The largest absolute Gasteiger partial charge is 0.309 e. The first-order valence-electron chi connectivity index (χ1n) is 15.4. The zero-order valence-electron chi connectivity index (χ0n) is 24.0. The van der Waals surface area contributed by atoms with Crippen molar-refractivity contribution in [3.63, 3.8) is 0 Å². The minimum Gasteiger partial charge on any atom is -0.309 e. The summed E-state index contributed by atoms with van der Waals surface area (Å²) in [4.78, 5) is 0. The summed E-state index contributed by atoms with van der Waals surface area (Å²) in [5.41, 5.74) is 16.7. The summed E-state index contributed by atoms with van der Waals surface area (Å²) in [5, 5.41) is 2.55. The maximum absolute atomic E-state index is 2.43. The molecule has 0 radical (unpaired) electrons. The third-order valence-electron chi connectivity index (χ3n) is 10.0. The predicted molar refractivity (Wildman–Crippen MR) is 183 cm³/mol. The molecule has 1 heterocycles. The number of benzene rings is 7. The Morgan fingerprint density at radius 3 is 1.55 bits per heavy atom. The SMILES string of the molecule is c1ccc(-n2c3ccccc3c3cc(-c4ccc5c(c4)-c4ccccc4C54c5ccccc5-c5ccccc54)ccc32)cc1. The summed E-state index contributed by atoms with van der Waals surface area (Å²) in [7, 11) is 0. The van der Waals surface area contributed by atoms with Crippen LogP contribution in [-0.4, -0.2) is 4.57 Å². The van der Waals surface area contributed by atoms with E-state index in [2.05, 4.69) is 168 Å². The summed E-state index contributed by atoms with van der Waals surface area (Å²) >= 11 is 0. The zero-order chi connectivity index (χ0) is 28.8. The molecule has 0 saturated heterocycles. The van der Waals surface area contributed by atoms with Crippen LogP contribution in [0, 0.1) is 0 Å². The normalized spacial score (nSPS) is 13.6. The van der Waals surface area contributed by atoms with Crippen LogP contribution in [0.4, 0.5) is 0 Å². The van der Waals surface area contributed by atoms with Gasteiger partial charge in [0, 0.05) is 16.5 Å². The number of fused-ring (bicyclic) bond motifs is 13. The van der Waals surface area contributed by atoms with E-state index in [4.69, 9.17) is 0 Å². The fourth-order valence-electron chi connectivity index (χ4n) is 8.29. The van der Waals surface area contributed by atoms with Gasteiger partial charge in [-0.3, -0.25) is 0 Å². The van der Waals surface area contributed by atoms with Gasteiger partial charge in [0.15, 0.2) is 0 Å². The van der Waals surface area contributed by atoms with Crippen molar-refractivity contribution in [2.24, 2.45) is 0 Å². The molecule has 204 valence electrons. The molecule has 0 saturated carbocycles. The van der Waals surface area contributed by atoms with E-state index in [9.17, 15) is 0 Å². The van der Waals surface area contributed by atoms with Gasteiger partial charge >= 0.3 is 0 Å². The lowest BCUT2D eigenvalue weighted by molar-refractivity contribution is 0.794. The van der Waals surface area contributed by atoms with Gasteiger partial charge in [-0.25, -0.2) is 0 Å². The molecule has 8 aromatic rings. The van der Waals surface area contributed by atoms with Gasteiger partial charge in [0.1, 0.15) is 0 Å². The van der Waals surface area contributed by atoms with Crippen molar-refractivity contribution >= 4 is 21.8 Å². The molecule has 0 aliphatic heterocycles. The molecule has 0 bridgehead atoms. The average Bonchev–Trinajstić information content (AvgIpc) is 3.70. The van der Waals surface area contributed by atoms with Crippen LogP contribution in [-0.2, 0) is 5.41 Å². The fraction of sp³-hybridized carbons (Fsp3) is 0.0233. The Bertz CT molecular complexity index is 2400. The summed E-state index contributed by atoms with van der Waals surface area (Å²) in [6, 6.07) is 60.6. The molecule has 1 aromatic heterocycles. The standard InChI is InChI=1S/C43H27N/c1-2-12-30(13-3-1)44-41-21-11-7-17-34(41)36-27-29(23-25-42(36)44)28-22-24-40-35(26-28)33-16-6-10-20-39(33)43(40)37-18-8-4-14-31(37)32-15-5-9-19-38(32)43/h1-27H. The molecule has 0 atom stereocenters. The highest BCUT2D eigenvalue weighted by molar-refractivity contribution is 6.10. The van der Waals surface area contributed by atoms with E-state index in [0.29, 0.717) is 0 Å². The van der Waals surface area contributed by atoms with Crippen molar-refractivity contribution < 1.29 is 0 Å². The Balaban J connectivity index is 1.21. The van der Waals surface area contributed by atoms with Gasteiger partial charge in [-0.2, -0.15) is 0 Å². The molecule has 0 unspecified atom stereocenters. The molecule has 0 N–H and O–H groups in total. The minimum absolute atomic E-state index is 0.301. The molecule has 7 aromatic carbocycles. The predicted octanol–water partition coefficient (Wildman–Crippen LogP) is 10.8. The van der Waals surface area contributed by atoms with Crippen molar-refractivity contribution in [2.45, 2.75) is 5.41 Å². The van der Waals surface area contributed by atoms with E-state index < -0.39 is 0 Å². The second-order valence-corrected chi connectivity index (χ2v) is 12.1. The molecule has 10 rings (SSSR count). The average molecular weight is 558 g/mol. The Labute approximate surface area is 256 Å². The lowest BCUT2D eigenvalue weighted by Gasteiger charge is -2.30. The van der Waals surface area contributed by atoms with Gasteiger partial charge in [0.25, 0.3) is 0 Å². The van der Waals surface area contributed by atoms with E-state index in [0.717, 1.165) is 0 Å². The smallest absolute Gasteiger partial charge is 0.0725 e. The van der Waals surface area contributed by atoms with Crippen LogP contribution in [0.25, 0.3) is 60.9 Å². The van der Waals surface area contributed by atoms with Gasteiger partial charge < -0.3 is 4.57 Å². The summed E-state index contributed by atoms with van der Waals surface area (Å²) in [6.45, 7) is 0. The molecule has 44 heavy (non-hydrogen) atoms. The monoisotopic (exact) mass is 557 g/mol.